The first kappa shape index (κ1) is 24.7. The van der Waals surface area contributed by atoms with Gasteiger partial charge in [0.1, 0.15) is 0 Å². The van der Waals surface area contributed by atoms with Gasteiger partial charge in [0.2, 0.25) is 0 Å². The second-order valence-electron chi connectivity index (χ2n) is 8.86. The van der Waals surface area contributed by atoms with E-state index in [1.54, 1.807) is 0 Å². The van der Waals surface area contributed by atoms with Crippen molar-refractivity contribution in [2.45, 2.75) is 39.7 Å². The zero-order valence-electron chi connectivity index (χ0n) is 20.5. The molecule has 0 aliphatic carbocycles. The minimum absolute atomic E-state index is 0.461. The fraction of sp³-hybridized carbons (Fsp3) is 0.200. The van der Waals surface area contributed by atoms with Crippen molar-refractivity contribution in [2.24, 2.45) is 0 Å². The molecule has 0 radical (unpaired) electrons. The van der Waals surface area contributed by atoms with Crippen molar-refractivity contribution in [1.29, 1.82) is 0 Å². The van der Waals surface area contributed by atoms with E-state index in [4.69, 9.17) is 5.73 Å². The molecular formula is C30H36N4. The third-order valence-corrected chi connectivity index (χ3v) is 5.20. The van der Waals surface area contributed by atoms with Gasteiger partial charge >= 0.3 is 0 Å². The van der Waals surface area contributed by atoms with Gasteiger partial charge in [-0.3, -0.25) is 0 Å². The maximum absolute atomic E-state index is 6.04. The van der Waals surface area contributed by atoms with Crippen LogP contribution < -0.4 is 21.7 Å². The predicted molar refractivity (Wildman–Crippen MR) is 150 cm³/mol. The molecule has 0 unspecified atom stereocenters. The average Bonchev–Trinajstić information content (AvgIpc) is 2.83. The van der Waals surface area contributed by atoms with Crippen LogP contribution in [0.3, 0.4) is 0 Å². The van der Waals surface area contributed by atoms with Crippen molar-refractivity contribution >= 4 is 34.1 Å². The number of anilines is 6. The summed E-state index contributed by atoms with van der Waals surface area (Å²) in [5, 5.41) is 10.0. The summed E-state index contributed by atoms with van der Waals surface area (Å²) in [6.07, 6.45) is 0. The molecule has 4 aromatic carbocycles. The largest absolute Gasteiger partial charge is 0.397 e. The number of para-hydroxylation sites is 2. The molecule has 0 saturated carbocycles. The van der Waals surface area contributed by atoms with Crippen LogP contribution in [0.4, 0.5) is 34.1 Å². The Morgan fingerprint density at radius 2 is 1.06 bits per heavy atom. The van der Waals surface area contributed by atoms with E-state index in [-0.39, 0.29) is 0 Å². The van der Waals surface area contributed by atoms with Crippen LogP contribution in [0.1, 0.15) is 39.2 Å². The van der Waals surface area contributed by atoms with Crippen LogP contribution in [0, 0.1) is 0 Å². The molecule has 0 saturated heterocycles. The van der Waals surface area contributed by atoms with Gasteiger partial charge in [0.05, 0.1) is 11.4 Å². The molecule has 34 heavy (non-hydrogen) atoms. The highest BCUT2D eigenvalue weighted by molar-refractivity contribution is 5.73. The first-order chi connectivity index (χ1) is 16.4. The second kappa shape index (κ2) is 12.4. The molecule has 0 atom stereocenters. The highest BCUT2D eigenvalue weighted by Crippen LogP contribution is 2.27. The van der Waals surface area contributed by atoms with Crippen molar-refractivity contribution in [3.8, 4) is 0 Å². The highest BCUT2D eigenvalue weighted by atomic mass is 14.9. The Kier molecular flexibility index (Phi) is 8.98. The normalized spacial score (nSPS) is 10.4. The van der Waals surface area contributed by atoms with Gasteiger partial charge in [-0.05, 0) is 86.0 Å². The predicted octanol–water partition coefficient (Wildman–Crippen LogP) is 8.39. The average molecular weight is 453 g/mol. The fourth-order valence-corrected chi connectivity index (χ4v) is 3.40. The molecule has 4 nitrogen and oxygen atoms in total. The van der Waals surface area contributed by atoms with Crippen LogP contribution in [0.25, 0.3) is 0 Å². The Labute approximate surface area is 204 Å². The van der Waals surface area contributed by atoms with Gasteiger partial charge in [-0.2, -0.15) is 0 Å². The van der Waals surface area contributed by atoms with E-state index in [0.29, 0.717) is 12.0 Å². The lowest BCUT2D eigenvalue weighted by molar-refractivity contribution is 0.867. The van der Waals surface area contributed by atoms with Gasteiger partial charge < -0.3 is 21.7 Å². The van der Waals surface area contributed by atoms with Crippen LogP contribution in [0.5, 0.6) is 0 Å². The summed E-state index contributed by atoms with van der Waals surface area (Å²) in [4.78, 5) is 0. The van der Waals surface area contributed by atoms with Crippen molar-refractivity contribution in [3.05, 3.63) is 109 Å². The molecule has 0 bridgehead atoms. The maximum Gasteiger partial charge on any atom is 0.0618 e. The molecule has 0 heterocycles. The summed E-state index contributed by atoms with van der Waals surface area (Å²) in [6, 6.07) is 35.2. The van der Waals surface area contributed by atoms with Crippen molar-refractivity contribution in [2.75, 3.05) is 21.7 Å². The molecule has 0 aliphatic heterocycles. The first-order valence-electron chi connectivity index (χ1n) is 11.8. The molecule has 0 spiro atoms. The summed E-state index contributed by atoms with van der Waals surface area (Å²) in [7, 11) is 0. The lowest BCUT2D eigenvalue weighted by atomic mass is 10.0. The maximum atomic E-state index is 6.04. The molecule has 0 amide bonds. The lowest BCUT2D eigenvalue weighted by Crippen LogP contribution is -2.09. The van der Waals surface area contributed by atoms with Gasteiger partial charge in [0.25, 0.3) is 0 Å². The Balaban J connectivity index is 0.000000191. The summed E-state index contributed by atoms with van der Waals surface area (Å²) in [5.41, 5.74) is 13.5. The van der Waals surface area contributed by atoms with Crippen LogP contribution >= 0.6 is 0 Å². The molecule has 0 fully saturated rings. The molecule has 0 aromatic heterocycles. The number of hydrogen-bond acceptors (Lipinski definition) is 4. The monoisotopic (exact) mass is 452 g/mol. The highest BCUT2D eigenvalue weighted by Gasteiger charge is 2.04. The molecule has 176 valence electrons. The lowest BCUT2D eigenvalue weighted by Gasteiger charge is -2.12. The zero-order valence-corrected chi connectivity index (χ0v) is 20.5. The van der Waals surface area contributed by atoms with E-state index in [1.165, 1.54) is 5.56 Å². The summed E-state index contributed by atoms with van der Waals surface area (Å²) < 4.78 is 0. The van der Waals surface area contributed by atoms with Gasteiger partial charge in [-0.1, -0.05) is 56.3 Å². The summed E-state index contributed by atoms with van der Waals surface area (Å²) in [5.74, 6) is 0.503. The minimum Gasteiger partial charge on any atom is -0.397 e. The molecule has 4 heteroatoms. The third-order valence-electron chi connectivity index (χ3n) is 5.20. The number of benzene rings is 4. The molecule has 4 aromatic rings. The van der Waals surface area contributed by atoms with Gasteiger partial charge in [0.15, 0.2) is 0 Å². The smallest absolute Gasteiger partial charge is 0.0618 e. The van der Waals surface area contributed by atoms with Gasteiger partial charge in [0, 0.05) is 28.8 Å². The number of hydrogen-bond donors (Lipinski definition) is 4. The number of rotatable bonds is 7. The minimum atomic E-state index is 0.461. The first-order valence-corrected chi connectivity index (χ1v) is 11.8. The standard InChI is InChI=1S/2C15H18N2/c1-12(2)16-14-8-10-15(11-9-14)17-13-6-4-3-5-7-13;1-11(2)12-8-9-15(14(16)10-12)17-13-6-4-3-5-7-13/h3-12,16-17H,1-2H3;3-11,17H,16H2,1-2H3. The van der Waals surface area contributed by atoms with Gasteiger partial charge in [-0.25, -0.2) is 0 Å². The van der Waals surface area contributed by atoms with Crippen LogP contribution in [0.15, 0.2) is 103 Å². The van der Waals surface area contributed by atoms with Gasteiger partial charge in [-0.15, -0.1) is 0 Å². The topological polar surface area (TPSA) is 62.1 Å². The van der Waals surface area contributed by atoms with Crippen molar-refractivity contribution in [1.82, 2.24) is 0 Å². The Morgan fingerprint density at radius 1 is 0.559 bits per heavy atom. The van der Waals surface area contributed by atoms with E-state index in [9.17, 15) is 0 Å². The molecule has 5 N–H and O–H groups in total. The van der Waals surface area contributed by atoms with Crippen LogP contribution in [-0.2, 0) is 0 Å². The molecule has 0 aliphatic rings. The summed E-state index contributed by atoms with van der Waals surface area (Å²) >= 11 is 0. The number of nitrogens with one attached hydrogen (secondary N) is 3. The fourth-order valence-electron chi connectivity index (χ4n) is 3.40. The van der Waals surface area contributed by atoms with E-state index in [1.807, 2.05) is 60.7 Å². The van der Waals surface area contributed by atoms with Crippen LogP contribution in [0.2, 0.25) is 0 Å². The SMILES string of the molecule is CC(C)Nc1ccc(Nc2ccccc2)cc1.CC(C)c1ccc(Nc2ccccc2)c(N)c1. The Morgan fingerprint density at radius 3 is 1.56 bits per heavy atom. The van der Waals surface area contributed by atoms with Crippen molar-refractivity contribution in [3.63, 3.8) is 0 Å². The van der Waals surface area contributed by atoms with Crippen molar-refractivity contribution < 1.29 is 0 Å². The molecule has 4 rings (SSSR count). The van der Waals surface area contributed by atoms with Crippen LogP contribution in [-0.4, -0.2) is 6.04 Å². The second-order valence-corrected chi connectivity index (χ2v) is 8.86. The Hall–Kier alpha value is -3.92. The Bertz CT molecular complexity index is 1120. The molecular weight excluding hydrogens is 416 g/mol. The zero-order chi connectivity index (χ0) is 24.3. The quantitative estimate of drug-likeness (QED) is 0.213. The third kappa shape index (κ3) is 7.89. The summed E-state index contributed by atoms with van der Waals surface area (Å²) in [6.45, 7) is 8.60. The van der Waals surface area contributed by atoms with E-state index in [0.717, 1.165) is 34.1 Å². The van der Waals surface area contributed by atoms with E-state index < -0.39 is 0 Å². The van der Waals surface area contributed by atoms with E-state index >= 15 is 0 Å². The van der Waals surface area contributed by atoms with E-state index in [2.05, 4.69) is 86.1 Å². The number of nitrogen functional groups attached to an aromatic ring is 1. The number of nitrogens with two attached hydrogens (primary N) is 1.